The summed E-state index contributed by atoms with van der Waals surface area (Å²) in [6.45, 7) is 23.3. The molecule has 2 heterocycles. The van der Waals surface area contributed by atoms with E-state index in [0.29, 0.717) is 83.3 Å². The van der Waals surface area contributed by atoms with E-state index in [0.717, 1.165) is 63.2 Å². The SMILES string of the molecule is C[C@@H]1[C@@H](NC(=O)[C@@H]2[C@H]([C@H](C)O)[C@H](CO)ON2Cc2cccc(CN(CCN(C)C)[C@@H](c3ccccc3)C3CCCCC3)c2)C[C@H]2C[C@@H]1C2(C)C.C[C@@H]1[C@@H](NC(=O)[C@@H]2[C@H]([C@H](C)O)[C@H](CO)ON2Cc2cccc(CN(CCN(C)C)[C@H](c3ccccc3)C3CCCCC3)c2)C[C@H]2C[C@@H]1C2(C)C. The maximum absolute atomic E-state index is 14.2. The highest BCUT2D eigenvalue weighted by Crippen LogP contribution is 2.62. The van der Waals surface area contributed by atoms with Crippen LogP contribution in [-0.2, 0) is 45.4 Å². The highest BCUT2D eigenvalue weighted by Gasteiger charge is 2.59. The molecule has 16 heteroatoms. The Labute approximate surface area is 601 Å². The monoisotopic (exact) mass is 1380 g/mol. The van der Waals surface area contributed by atoms with Gasteiger partial charge in [0.1, 0.15) is 24.3 Å². The minimum atomic E-state index is -0.810. The minimum absolute atomic E-state index is 0.105. The third-order valence-electron chi connectivity index (χ3n) is 26.5. The van der Waals surface area contributed by atoms with Crippen LogP contribution in [0.1, 0.15) is 191 Å². The fourth-order valence-electron chi connectivity index (χ4n) is 20.5. The second-order valence-electron chi connectivity index (χ2n) is 34.2. The van der Waals surface area contributed by atoms with Crippen molar-refractivity contribution in [1.82, 2.24) is 40.4 Å². The van der Waals surface area contributed by atoms with Crippen molar-refractivity contribution in [2.45, 2.75) is 232 Å². The van der Waals surface area contributed by atoms with Crippen molar-refractivity contribution in [3.63, 3.8) is 0 Å². The van der Waals surface area contributed by atoms with Crippen molar-refractivity contribution in [3.8, 4) is 0 Å². The first-order chi connectivity index (χ1) is 47.9. The standard InChI is InChI=1S/2C42H64N4O4/c2*1-28-35-23-34(42(35,3)4)24-36(28)43-41(49)40-38(29(2)48)37(27-47)50-46(40)26-31-15-13-14-30(22-31)25-45(21-20-44(5)6)39(32-16-9-7-10-17-32)33-18-11-8-12-19-33/h2*7,9-10,13-17,22,28-29,33-40,47-48H,8,11-12,18-21,23-27H2,1-6H3,(H,43,49)/t28-,29-,34+,35-,36-,37-,38+,39+,40-;28-,29-,34+,35-,36-,37-,38+,39-,40-/m00/s1. The Morgan fingerprint density at radius 2 is 0.870 bits per heavy atom. The number of carbonyl (C=O) groups excluding carboxylic acids is 2. The molecule has 552 valence electrons. The van der Waals surface area contributed by atoms with Crippen molar-refractivity contribution < 1.29 is 39.7 Å². The van der Waals surface area contributed by atoms with Crippen LogP contribution < -0.4 is 10.6 Å². The molecule has 4 aromatic carbocycles. The van der Waals surface area contributed by atoms with Gasteiger partial charge in [0.2, 0.25) is 11.8 Å². The van der Waals surface area contributed by atoms with E-state index in [1.807, 2.05) is 0 Å². The number of hydroxylamine groups is 4. The second-order valence-corrected chi connectivity index (χ2v) is 34.2. The van der Waals surface area contributed by atoms with Crippen molar-refractivity contribution in [3.05, 3.63) is 143 Å². The number of rotatable bonds is 28. The molecule has 4 aromatic rings. The highest BCUT2D eigenvalue weighted by molar-refractivity contribution is 5.83. The summed E-state index contributed by atoms with van der Waals surface area (Å²) in [5, 5.41) is 52.7. The van der Waals surface area contributed by atoms with Crippen molar-refractivity contribution in [1.29, 1.82) is 0 Å². The molecule has 8 saturated carbocycles. The van der Waals surface area contributed by atoms with Crippen LogP contribution in [0.25, 0.3) is 0 Å². The lowest BCUT2D eigenvalue weighted by Crippen LogP contribution is -2.62. The Hall–Kier alpha value is -4.66. The predicted molar refractivity (Wildman–Crippen MR) is 397 cm³/mol. The Kier molecular flexibility index (Phi) is 26.0. The first-order valence-corrected chi connectivity index (χ1v) is 39.0. The largest absolute Gasteiger partial charge is 0.394 e. The number of hydrogen-bond acceptors (Lipinski definition) is 14. The molecule has 10 fully saturated rings. The van der Waals surface area contributed by atoms with Gasteiger partial charge in [-0.25, -0.2) is 0 Å². The number of amides is 2. The molecule has 14 rings (SSSR count). The van der Waals surface area contributed by atoms with Gasteiger partial charge in [0, 0.05) is 75.3 Å². The topological polar surface area (TPSA) is 177 Å². The molecule has 2 amide bonds. The van der Waals surface area contributed by atoms with Gasteiger partial charge in [0.15, 0.2) is 0 Å². The quantitative estimate of drug-likeness (QED) is 0.0317. The van der Waals surface area contributed by atoms with E-state index in [9.17, 15) is 30.0 Å². The van der Waals surface area contributed by atoms with E-state index in [-0.39, 0.29) is 37.1 Å². The number of likely N-dealkylation sites (N-methyl/N-ethyl adjacent to an activating group) is 2. The van der Waals surface area contributed by atoms with Crippen LogP contribution in [0.3, 0.4) is 0 Å². The molecule has 18 atom stereocenters. The summed E-state index contributed by atoms with van der Waals surface area (Å²) in [7, 11) is 8.60. The van der Waals surface area contributed by atoms with Crippen LogP contribution >= 0.6 is 0 Å². The summed E-state index contributed by atoms with van der Waals surface area (Å²) in [5.74, 6) is 3.26. The van der Waals surface area contributed by atoms with Gasteiger partial charge in [0.25, 0.3) is 0 Å². The average molecular weight is 1380 g/mol. The summed E-state index contributed by atoms with van der Waals surface area (Å²) in [6.07, 6.45) is 14.5. The molecule has 100 heavy (non-hydrogen) atoms. The van der Waals surface area contributed by atoms with Crippen molar-refractivity contribution >= 4 is 11.8 Å². The Morgan fingerprint density at radius 3 is 1.19 bits per heavy atom. The summed E-state index contributed by atoms with van der Waals surface area (Å²) in [4.78, 5) is 50.9. The number of benzene rings is 4. The third-order valence-corrected chi connectivity index (χ3v) is 26.5. The maximum Gasteiger partial charge on any atom is 0.240 e. The maximum atomic E-state index is 14.2. The van der Waals surface area contributed by atoms with Crippen molar-refractivity contribution in [2.75, 3.05) is 67.6 Å². The number of nitrogens with zero attached hydrogens (tertiary/aromatic N) is 6. The summed E-state index contributed by atoms with van der Waals surface area (Å²) in [6, 6.07) is 39.1. The molecule has 0 radical (unpaired) electrons. The summed E-state index contributed by atoms with van der Waals surface area (Å²) >= 11 is 0. The van der Waals surface area contributed by atoms with E-state index in [4.69, 9.17) is 9.68 Å². The molecule has 6 N–H and O–H groups in total. The Bertz CT molecular complexity index is 3000. The van der Waals surface area contributed by atoms with Crippen LogP contribution in [0.2, 0.25) is 0 Å². The number of aliphatic hydroxyl groups excluding tert-OH is 4. The second kappa shape index (κ2) is 34.1. The molecule has 2 aliphatic heterocycles. The number of aliphatic hydroxyl groups is 4. The van der Waals surface area contributed by atoms with Gasteiger partial charge in [-0.3, -0.25) is 29.1 Å². The molecule has 4 bridgehead atoms. The highest BCUT2D eigenvalue weighted by atomic mass is 16.7. The smallest absolute Gasteiger partial charge is 0.240 e. The normalized spacial score (nSPS) is 31.0. The predicted octanol–water partition coefficient (Wildman–Crippen LogP) is 12.1. The zero-order chi connectivity index (χ0) is 71.2. The molecule has 8 aliphatic carbocycles. The lowest BCUT2D eigenvalue weighted by Gasteiger charge is -2.62. The molecule has 2 saturated heterocycles. The average Bonchev–Trinajstić information content (AvgIpc) is 0.821. The molecule has 10 aliphatic rings. The number of carbonyl (C=O) groups is 2. The molecular weight excluding hydrogens is 1250 g/mol. The zero-order valence-electron chi connectivity index (χ0n) is 63.0. The van der Waals surface area contributed by atoms with Gasteiger partial charge in [0.05, 0.1) is 38.5 Å². The number of fused-ring (bicyclic) bond motifs is 4. The fraction of sp³-hybridized carbons (Fsp3) is 0.690. The van der Waals surface area contributed by atoms with Gasteiger partial charge in [-0.15, -0.1) is 0 Å². The van der Waals surface area contributed by atoms with Gasteiger partial charge in [-0.05, 0) is 185 Å². The molecule has 0 aromatic heterocycles. The van der Waals surface area contributed by atoms with Crippen LogP contribution in [-0.4, -0.2) is 178 Å². The van der Waals surface area contributed by atoms with E-state index < -0.39 is 48.3 Å². The summed E-state index contributed by atoms with van der Waals surface area (Å²) in [5.41, 5.74) is 8.05. The van der Waals surface area contributed by atoms with Gasteiger partial charge >= 0.3 is 0 Å². The van der Waals surface area contributed by atoms with Crippen LogP contribution in [0, 0.1) is 70.0 Å². The molecule has 16 nitrogen and oxygen atoms in total. The van der Waals surface area contributed by atoms with E-state index in [1.165, 1.54) is 99.3 Å². The molecule has 0 unspecified atom stereocenters. The van der Waals surface area contributed by atoms with Gasteiger partial charge in [-0.1, -0.05) is 189 Å². The van der Waals surface area contributed by atoms with Crippen LogP contribution in [0.5, 0.6) is 0 Å². The Balaban J connectivity index is 0.000000202. The lowest BCUT2D eigenvalue weighted by atomic mass is 9.45. The minimum Gasteiger partial charge on any atom is -0.394 e. The van der Waals surface area contributed by atoms with Crippen molar-refractivity contribution in [2.24, 2.45) is 70.0 Å². The van der Waals surface area contributed by atoms with Gasteiger partial charge < -0.3 is 40.9 Å². The van der Waals surface area contributed by atoms with Gasteiger partial charge in [-0.2, -0.15) is 10.1 Å². The van der Waals surface area contributed by atoms with E-state index in [2.05, 4.69) is 209 Å². The van der Waals surface area contributed by atoms with Crippen LogP contribution in [0.4, 0.5) is 0 Å². The fourth-order valence-corrected chi connectivity index (χ4v) is 20.5. The first kappa shape index (κ1) is 76.5. The van der Waals surface area contributed by atoms with Crippen LogP contribution in [0.15, 0.2) is 109 Å². The molecular formula is C84H128N8O8. The first-order valence-electron chi connectivity index (χ1n) is 39.0. The third kappa shape index (κ3) is 17.5. The zero-order valence-corrected chi connectivity index (χ0v) is 63.0. The number of hydrogen-bond donors (Lipinski definition) is 6. The number of nitrogens with one attached hydrogen (secondary N) is 2. The van der Waals surface area contributed by atoms with E-state index >= 15 is 0 Å². The Morgan fingerprint density at radius 1 is 0.510 bits per heavy atom. The van der Waals surface area contributed by atoms with E-state index in [1.54, 1.807) is 24.0 Å². The lowest BCUT2D eigenvalue weighted by molar-refractivity contribution is -0.183. The summed E-state index contributed by atoms with van der Waals surface area (Å²) < 4.78 is 0. The molecule has 0 spiro atoms.